The Morgan fingerprint density at radius 3 is 2.15 bits per heavy atom. The van der Waals surface area contributed by atoms with E-state index in [2.05, 4.69) is 48.5 Å². The molecule has 1 aliphatic heterocycles. The number of hydrogen-bond acceptors (Lipinski definition) is 5. The first-order chi connectivity index (χ1) is 19.1. The van der Waals surface area contributed by atoms with Crippen LogP contribution < -0.4 is 24.5 Å². The number of benzene rings is 5. The van der Waals surface area contributed by atoms with Gasteiger partial charge in [0.25, 0.3) is 5.56 Å². The maximum atomic E-state index is 13.7. The lowest BCUT2D eigenvalue weighted by Crippen LogP contribution is -2.18. The number of aromatic nitrogens is 1. The van der Waals surface area contributed by atoms with Crippen LogP contribution in [0.25, 0.3) is 54.7 Å². The number of fused-ring (bicyclic) bond motifs is 7. The van der Waals surface area contributed by atoms with Gasteiger partial charge in [-0.25, -0.2) is 0 Å². The zero-order chi connectivity index (χ0) is 26.7. The molecule has 1 aromatic heterocycles. The predicted molar refractivity (Wildman–Crippen MR) is 154 cm³/mol. The van der Waals surface area contributed by atoms with Crippen molar-refractivity contribution in [3.05, 3.63) is 95.3 Å². The Balaban J connectivity index is 1.55. The molecule has 0 aliphatic carbocycles. The van der Waals surface area contributed by atoms with E-state index < -0.39 is 0 Å². The summed E-state index contributed by atoms with van der Waals surface area (Å²) in [5.74, 6) is 2.33. The summed E-state index contributed by atoms with van der Waals surface area (Å²) in [5, 5.41) is 4.14. The van der Waals surface area contributed by atoms with Crippen molar-refractivity contribution in [2.24, 2.45) is 7.05 Å². The molecule has 0 amide bonds. The van der Waals surface area contributed by atoms with Gasteiger partial charge in [0.15, 0.2) is 23.0 Å². The number of rotatable bonds is 4. The molecule has 0 saturated carbocycles. The minimum Gasteiger partial charge on any atom is -0.493 e. The molecular formula is C33H25NO5. The van der Waals surface area contributed by atoms with E-state index in [1.165, 1.54) is 0 Å². The number of ether oxygens (including phenoxy) is 4. The molecule has 5 aromatic carbocycles. The second kappa shape index (κ2) is 8.81. The molecule has 192 valence electrons. The summed E-state index contributed by atoms with van der Waals surface area (Å²) in [4.78, 5) is 13.7. The summed E-state index contributed by atoms with van der Waals surface area (Å²) < 4.78 is 24.7. The van der Waals surface area contributed by atoms with Gasteiger partial charge in [-0.3, -0.25) is 4.79 Å². The fourth-order valence-electron chi connectivity index (χ4n) is 5.77. The highest BCUT2D eigenvalue weighted by Crippen LogP contribution is 2.47. The molecule has 0 unspecified atom stereocenters. The summed E-state index contributed by atoms with van der Waals surface area (Å²) in [6, 6.07) is 28.6. The van der Waals surface area contributed by atoms with Crippen molar-refractivity contribution in [2.45, 2.75) is 0 Å². The van der Waals surface area contributed by atoms with Crippen LogP contribution in [0.3, 0.4) is 0 Å². The average molecular weight is 516 g/mol. The molecular weight excluding hydrogens is 490 g/mol. The van der Waals surface area contributed by atoms with Crippen molar-refractivity contribution >= 4 is 32.4 Å². The summed E-state index contributed by atoms with van der Waals surface area (Å²) >= 11 is 0. The molecule has 0 saturated heterocycles. The van der Waals surface area contributed by atoms with Crippen LogP contribution in [0.15, 0.2) is 89.7 Å². The Bertz CT molecular complexity index is 1980. The molecule has 6 heteroatoms. The molecule has 1 aliphatic rings. The van der Waals surface area contributed by atoms with Gasteiger partial charge in [0, 0.05) is 28.8 Å². The Kier molecular flexibility index (Phi) is 5.23. The first-order valence-electron chi connectivity index (χ1n) is 12.7. The van der Waals surface area contributed by atoms with Gasteiger partial charge in [-0.1, -0.05) is 66.7 Å². The molecule has 6 nitrogen and oxygen atoms in total. The lowest BCUT2D eigenvalue weighted by Gasteiger charge is -2.19. The molecule has 6 aromatic rings. The quantitative estimate of drug-likeness (QED) is 0.239. The van der Waals surface area contributed by atoms with Crippen molar-refractivity contribution in [3.63, 3.8) is 0 Å². The molecule has 0 atom stereocenters. The van der Waals surface area contributed by atoms with Gasteiger partial charge >= 0.3 is 0 Å². The van der Waals surface area contributed by atoms with Crippen LogP contribution in [0.2, 0.25) is 0 Å². The van der Waals surface area contributed by atoms with Gasteiger partial charge in [0.1, 0.15) is 0 Å². The average Bonchev–Trinajstić information content (AvgIpc) is 3.47. The lowest BCUT2D eigenvalue weighted by molar-refractivity contribution is 0.174. The van der Waals surface area contributed by atoms with Crippen molar-refractivity contribution in [1.82, 2.24) is 4.57 Å². The molecule has 0 radical (unpaired) electrons. The Hall–Kier alpha value is -4.97. The van der Waals surface area contributed by atoms with E-state index in [0.29, 0.717) is 28.4 Å². The highest BCUT2D eigenvalue weighted by Gasteiger charge is 2.24. The first kappa shape index (κ1) is 23.2. The zero-order valence-electron chi connectivity index (χ0n) is 21.8. The largest absolute Gasteiger partial charge is 0.493 e. The third-order valence-corrected chi connectivity index (χ3v) is 7.60. The first-order valence-corrected chi connectivity index (χ1v) is 12.7. The van der Waals surface area contributed by atoms with Gasteiger partial charge < -0.3 is 23.5 Å². The number of aryl methyl sites for hydroxylation is 1. The van der Waals surface area contributed by atoms with Crippen LogP contribution >= 0.6 is 0 Å². The third kappa shape index (κ3) is 3.38. The SMILES string of the molecule is COc1cc2c(ccc3c4ccc5c(c4c(=O)n(C)c23)OCO5)c(-c2ccc(-c3ccccc3)cc2)c1OC. The number of nitrogens with zero attached hydrogens (tertiary/aromatic N) is 1. The predicted octanol–water partition coefficient (Wildman–Crippen LogP) is 6.92. The molecule has 0 spiro atoms. The van der Waals surface area contributed by atoms with Crippen LogP contribution in [0.4, 0.5) is 0 Å². The third-order valence-electron chi connectivity index (χ3n) is 7.60. The lowest BCUT2D eigenvalue weighted by atomic mass is 9.92. The van der Waals surface area contributed by atoms with Gasteiger partial charge in [0.05, 0.1) is 25.1 Å². The minimum absolute atomic E-state index is 0.108. The highest BCUT2D eigenvalue weighted by atomic mass is 16.7. The normalized spacial score (nSPS) is 12.4. The Morgan fingerprint density at radius 1 is 0.718 bits per heavy atom. The van der Waals surface area contributed by atoms with Crippen molar-refractivity contribution in [2.75, 3.05) is 21.0 Å². The van der Waals surface area contributed by atoms with E-state index in [1.54, 1.807) is 25.8 Å². The van der Waals surface area contributed by atoms with Gasteiger partial charge in [0.2, 0.25) is 6.79 Å². The Labute approximate surface area is 224 Å². The highest BCUT2D eigenvalue weighted by molar-refractivity contribution is 6.19. The standard InChI is InChI=1S/C33H25NO5/c1-34-30-24(22-15-16-26-32(39-18-38-26)29(22)33(34)35)14-13-23-25(30)17-27(36-2)31(37-3)28(23)21-11-9-20(10-12-21)19-7-5-4-6-8-19/h4-17H,18H2,1-3H3. The van der Waals surface area contributed by atoms with Gasteiger partial charge in [-0.2, -0.15) is 0 Å². The topological polar surface area (TPSA) is 58.9 Å². The molecule has 39 heavy (non-hydrogen) atoms. The zero-order valence-corrected chi connectivity index (χ0v) is 21.8. The van der Waals surface area contributed by atoms with Crippen LogP contribution in [-0.4, -0.2) is 25.6 Å². The van der Waals surface area contributed by atoms with Gasteiger partial charge in [-0.05, 0) is 40.3 Å². The van der Waals surface area contributed by atoms with E-state index in [1.807, 2.05) is 36.4 Å². The maximum Gasteiger partial charge on any atom is 0.262 e. The van der Waals surface area contributed by atoms with Crippen LogP contribution in [0, 0.1) is 0 Å². The molecule has 2 heterocycles. The molecule has 0 N–H and O–H groups in total. The van der Waals surface area contributed by atoms with E-state index in [-0.39, 0.29) is 12.4 Å². The van der Waals surface area contributed by atoms with Crippen LogP contribution in [0.1, 0.15) is 0 Å². The Morgan fingerprint density at radius 2 is 1.41 bits per heavy atom. The molecule has 0 bridgehead atoms. The molecule has 7 rings (SSSR count). The van der Waals surface area contributed by atoms with E-state index in [0.717, 1.165) is 49.3 Å². The summed E-state index contributed by atoms with van der Waals surface area (Å²) in [6.45, 7) is 0.108. The van der Waals surface area contributed by atoms with Crippen molar-refractivity contribution in [3.8, 4) is 45.3 Å². The number of pyridine rings is 1. The number of methoxy groups -OCH3 is 2. The molecule has 0 fully saturated rings. The van der Waals surface area contributed by atoms with Crippen LogP contribution in [-0.2, 0) is 7.05 Å². The summed E-state index contributed by atoms with van der Waals surface area (Å²) in [5.41, 5.74) is 4.85. The van der Waals surface area contributed by atoms with E-state index in [9.17, 15) is 4.79 Å². The van der Waals surface area contributed by atoms with Crippen molar-refractivity contribution < 1.29 is 18.9 Å². The van der Waals surface area contributed by atoms with E-state index >= 15 is 0 Å². The second-order valence-corrected chi connectivity index (χ2v) is 9.57. The van der Waals surface area contributed by atoms with Crippen molar-refractivity contribution in [1.29, 1.82) is 0 Å². The summed E-state index contributed by atoms with van der Waals surface area (Å²) in [7, 11) is 5.08. The maximum absolute atomic E-state index is 13.7. The van der Waals surface area contributed by atoms with E-state index in [4.69, 9.17) is 18.9 Å². The fourth-order valence-corrected chi connectivity index (χ4v) is 5.77. The smallest absolute Gasteiger partial charge is 0.262 e. The second-order valence-electron chi connectivity index (χ2n) is 9.57. The van der Waals surface area contributed by atoms with Crippen LogP contribution in [0.5, 0.6) is 23.0 Å². The monoisotopic (exact) mass is 515 g/mol. The van der Waals surface area contributed by atoms with Gasteiger partial charge in [-0.15, -0.1) is 0 Å². The number of hydrogen-bond donors (Lipinski definition) is 0. The fraction of sp³-hybridized carbons (Fsp3) is 0.121. The minimum atomic E-state index is -0.143. The summed E-state index contributed by atoms with van der Waals surface area (Å²) in [6.07, 6.45) is 0.